The van der Waals surface area contributed by atoms with E-state index in [0.717, 1.165) is 0 Å². The summed E-state index contributed by atoms with van der Waals surface area (Å²) in [6.45, 7) is 0. The molecule has 0 aliphatic rings. The molecular formula is C10H10N2O4. The van der Waals surface area contributed by atoms with Gasteiger partial charge in [0.25, 0.3) is 0 Å². The minimum Gasteiger partial charge on any atom is -0.465 e. The largest absolute Gasteiger partial charge is 0.465 e. The molecule has 16 heavy (non-hydrogen) atoms. The number of aromatic nitrogens is 2. The fourth-order valence-electron chi connectivity index (χ4n) is 0.974. The highest BCUT2D eigenvalue weighted by atomic mass is 16.5. The molecule has 0 spiro atoms. The number of hydrogen-bond acceptors (Lipinski definition) is 6. The average molecular weight is 222 g/mol. The van der Waals surface area contributed by atoms with E-state index in [1.54, 1.807) is 6.07 Å². The molecule has 1 rings (SSSR count). The highest BCUT2D eigenvalue weighted by Crippen LogP contribution is 2.07. The van der Waals surface area contributed by atoms with E-state index in [0.29, 0.717) is 5.56 Å². The minimum absolute atomic E-state index is 0.196. The summed E-state index contributed by atoms with van der Waals surface area (Å²) < 4.78 is 8.93. The van der Waals surface area contributed by atoms with Crippen molar-refractivity contribution in [3.05, 3.63) is 29.6 Å². The van der Waals surface area contributed by atoms with E-state index in [1.165, 1.54) is 32.7 Å². The van der Waals surface area contributed by atoms with Gasteiger partial charge in [0.1, 0.15) is 5.57 Å². The maximum atomic E-state index is 11.3. The predicted molar refractivity (Wildman–Crippen MR) is 54.0 cm³/mol. The number of esters is 2. The fraction of sp³-hybridized carbons (Fsp3) is 0.200. The van der Waals surface area contributed by atoms with Gasteiger partial charge in [0.2, 0.25) is 0 Å². The molecule has 0 radical (unpaired) electrons. The second-order valence-electron chi connectivity index (χ2n) is 2.72. The second kappa shape index (κ2) is 5.59. The summed E-state index contributed by atoms with van der Waals surface area (Å²) in [5, 5.41) is 7.18. The molecule has 1 aromatic heterocycles. The van der Waals surface area contributed by atoms with Crippen LogP contribution in [-0.4, -0.2) is 36.4 Å². The summed E-state index contributed by atoms with van der Waals surface area (Å²) >= 11 is 0. The van der Waals surface area contributed by atoms with Gasteiger partial charge in [0.05, 0.1) is 26.6 Å². The summed E-state index contributed by atoms with van der Waals surface area (Å²) in [4.78, 5) is 22.6. The Morgan fingerprint density at radius 2 is 1.81 bits per heavy atom. The Labute approximate surface area is 91.9 Å². The molecule has 0 amide bonds. The van der Waals surface area contributed by atoms with Gasteiger partial charge in [-0.3, -0.25) is 0 Å². The molecule has 0 N–H and O–H groups in total. The molecule has 6 heteroatoms. The molecule has 6 nitrogen and oxygen atoms in total. The van der Waals surface area contributed by atoms with Gasteiger partial charge in [-0.1, -0.05) is 0 Å². The Morgan fingerprint density at radius 3 is 2.25 bits per heavy atom. The summed E-state index contributed by atoms with van der Waals surface area (Å²) in [6, 6.07) is 1.60. The van der Waals surface area contributed by atoms with Crippen LogP contribution in [0.2, 0.25) is 0 Å². The van der Waals surface area contributed by atoms with Crippen LogP contribution in [0.3, 0.4) is 0 Å². The van der Waals surface area contributed by atoms with E-state index < -0.39 is 11.9 Å². The number of carbonyl (C=O) groups is 2. The second-order valence-corrected chi connectivity index (χ2v) is 2.72. The monoisotopic (exact) mass is 222 g/mol. The molecule has 0 atom stereocenters. The van der Waals surface area contributed by atoms with Crippen LogP contribution in [0.25, 0.3) is 6.08 Å². The molecule has 0 unspecified atom stereocenters. The SMILES string of the molecule is COC(=O)C(=Cc1ccnnc1)C(=O)OC. The van der Waals surface area contributed by atoms with Crippen molar-refractivity contribution in [1.82, 2.24) is 10.2 Å². The number of nitrogens with zero attached hydrogens (tertiary/aromatic N) is 2. The first kappa shape index (κ1) is 11.8. The number of rotatable bonds is 3. The highest BCUT2D eigenvalue weighted by molar-refractivity contribution is 6.17. The quantitative estimate of drug-likeness (QED) is 0.315. The zero-order valence-electron chi connectivity index (χ0n) is 8.84. The average Bonchev–Trinajstić information content (AvgIpc) is 2.35. The molecule has 1 aromatic rings. The van der Waals surface area contributed by atoms with Crippen LogP contribution >= 0.6 is 0 Å². The van der Waals surface area contributed by atoms with Crippen LogP contribution < -0.4 is 0 Å². The lowest BCUT2D eigenvalue weighted by molar-refractivity contribution is -0.143. The van der Waals surface area contributed by atoms with Crippen LogP contribution in [0, 0.1) is 0 Å². The third-order valence-corrected chi connectivity index (χ3v) is 1.73. The van der Waals surface area contributed by atoms with Crippen molar-refractivity contribution < 1.29 is 19.1 Å². The zero-order chi connectivity index (χ0) is 12.0. The molecular weight excluding hydrogens is 212 g/mol. The fourth-order valence-corrected chi connectivity index (χ4v) is 0.974. The molecule has 1 heterocycles. The zero-order valence-corrected chi connectivity index (χ0v) is 8.84. The highest BCUT2D eigenvalue weighted by Gasteiger charge is 2.19. The first-order valence-corrected chi connectivity index (χ1v) is 4.34. The van der Waals surface area contributed by atoms with Crippen LogP contribution in [0.1, 0.15) is 5.56 Å². The van der Waals surface area contributed by atoms with E-state index in [9.17, 15) is 9.59 Å². The van der Waals surface area contributed by atoms with Crippen molar-refractivity contribution in [3.63, 3.8) is 0 Å². The van der Waals surface area contributed by atoms with Crippen LogP contribution in [0.15, 0.2) is 24.0 Å². The summed E-state index contributed by atoms with van der Waals surface area (Å²) in [5.74, 6) is -1.52. The smallest absolute Gasteiger partial charge is 0.345 e. The maximum Gasteiger partial charge on any atom is 0.345 e. The standard InChI is InChI=1S/C10H10N2O4/c1-15-9(13)8(10(14)16-2)5-7-3-4-11-12-6-7/h3-6H,1-2H3. The first-order chi connectivity index (χ1) is 7.69. The van der Waals surface area contributed by atoms with Gasteiger partial charge in [-0.25, -0.2) is 9.59 Å². The molecule has 0 aromatic carbocycles. The maximum absolute atomic E-state index is 11.3. The molecule has 0 bridgehead atoms. The Bertz CT molecular complexity index is 396. The van der Waals surface area contributed by atoms with E-state index >= 15 is 0 Å². The predicted octanol–water partition coefficient (Wildman–Crippen LogP) is 0.206. The van der Waals surface area contributed by atoms with Crippen molar-refractivity contribution in [2.24, 2.45) is 0 Å². The lowest BCUT2D eigenvalue weighted by Gasteiger charge is -2.02. The topological polar surface area (TPSA) is 78.4 Å². The third-order valence-electron chi connectivity index (χ3n) is 1.73. The van der Waals surface area contributed by atoms with Crippen LogP contribution in [0.4, 0.5) is 0 Å². The Morgan fingerprint density at radius 1 is 1.19 bits per heavy atom. The molecule has 0 fully saturated rings. The van der Waals surface area contributed by atoms with Gasteiger partial charge in [0, 0.05) is 0 Å². The molecule has 0 aliphatic carbocycles. The van der Waals surface area contributed by atoms with E-state index in [2.05, 4.69) is 19.7 Å². The van der Waals surface area contributed by atoms with Gasteiger partial charge in [-0.05, 0) is 17.7 Å². The summed E-state index contributed by atoms with van der Waals surface area (Å²) in [6.07, 6.45) is 4.18. The van der Waals surface area contributed by atoms with Gasteiger partial charge in [-0.15, -0.1) is 0 Å². The molecule has 0 saturated carbocycles. The lowest BCUT2D eigenvalue weighted by Crippen LogP contribution is -2.15. The lowest BCUT2D eigenvalue weighted by atomic mass is 10.2. The van der Waals surface area contributed by atoms with Crippen LogP contribution in [0.5, 0.6) is 0 Å². The van der Waals surface area contributed by atoms with Crippen molar-refractivity contribution in [1.29, 1.82) is 0 Å². The number of carbonyl (C=O) groups excluding carboxylic acids is 2. The first-order valence-electron chi connectivity index (χ1n) is 4.34. The summed E-state index contributed by atoms with van der Waals surface area (Å²) in [5.41, 5.74) is 0.360. The third kappa shape index (κ3) is 2.88. The van der Waals surface area contributed by atoms with Gasteiger partial charge in [-0.2, -0.15) is 10.2 Å². The number of ether oxygens (including phenoxy) is 2. The summed E-state index contributed by atoms with van der Waals surface area (Å²) in [7, 11) is 2.37. The molecule has 0 aliphatic heterocycles. The Balaban J connectivity index is 3.06. The van der Waals surface area contributed by atoms with Crippen molar-refractivity contribution in [2.75, 3.05) is 14.2 Å². The van der Waals surface area contributed by atoms with Crippen molar-refractivity contribution in [2.45, 2.75) is 0 Å². The molecule has 84 valence electrons. The van der Waals surface area contributed by atoms with Gasteiger partial charge < -0.3 is 9.47 Å². The van der Waals surface area contributed by atoms with E-state index in [1.807, 2.05) is 0 Å². The van der Waals surface area contributed by atoms with Crippen LogP contribution in [-0.2, 0) is 19.1 Å². The number of methoxy groups -OCH3 is 2. The Kier molecular flexibility index (Phi) is 4.14. The molecule has 0 saturated heterocycles. The van der Waals surface area contributed by atoms with Gasteiger partial charge in [0.15, 0.2) is 0 Å². The normalized spacial score (nSPS) is 9.12. The minimum atomic E-state index is -0.760. The van der Waals surface area contributed by atoms with Crippen molar-refractivity contribution in [3.8, 4) is 0 Å². The van der Waals surface area contributed by atoms with E-state index in [-0.39, 0.29) is 5.57 Å². The Hall–Kier alpha value is -2.24. The number of hydrogen-bond donors (Lipinski definition) is 0. The van der Waals surface area contributed by atoms with E-state index in [4.69, 9.17) is 0 Å². The van der Waals surface area contributed by atoms with Gasteiger partial charge >= 0.3 is 11.9 Å². The van der Waals surface area contributed by atoms with Crippen molar-refractivity contribution >= 4 is 18.0 Å².